The van der Waals surface area contributed by atoms with Crippen molar-refractivity contribution in [2.24, 2.45) is 0 Å². The predicted molar refractivity (Wildman–Crippen MR) is 109 cm³/mol. The van der Waals surface area contributed by atoms with Gasteiger partial charge in [0.2, 0.25) is 0 Å². The number of carboxylic acids is 1. The third-order valence-corrected chi connectivity index (χ3v) is 4.89. The lowest BCUT2D eigenvalue weighted by Crippen LogP contribution is -2.34. The van der Waals surface area contributed by atoms with Crippen LogP contribution >= 0.6 is 0 Å². The molecule has 0 fully saturated rings. The third kappa shape index (κ3) is 5.22. The Morgan fingerprint density at radius 3 is 2.46 bits per heavy atom. The van der Waals surface area contributed by atoms with Crippen LogP contribution in [0.25, 0.3) is 0 Å². The van der Waals surface area contributed by atoms with Gasteiger partial charge in [0.15, 0.2) is 0 Å². The van der Waals surface area contributed by atoms with Gasteiger partial charge in [-0.1, -0.05) is 54.1 Å². The lowest BCUT2D eigenvalue weighted by Gasteiger charge is -2.25. The van der Waals surface area contributed by atoms with Gasteiger partial charge in [-0.05, 0) is 49.8 Å². The highest BCUT2D eigenvalue weighted by molar-refractivity contribution is 5.99. The Labute approximate surface area is 165 Å². The van der Waals surface area contributed by atoms with E-state index in [0.717, 1.165) is 24.8 Å². The SMILES string of the molecule is O=C(O)c1ccccc1N(CCC1=CCCCC1)C(=O)OCc1ccccc1. The molecule has 28 heavy (non-hydrogen) atoms. The maximum Gasteiger partial charge on any atom is 0.414 e. The maximum absolute atomic E-state index is 12.9. The summed E-state index contributed by atoms with van der Waals surface area (Å²) in [6.07, 6.45) is 6.89. The molecule has 1 aliphatic rings. The van der Waals surface area contributed by atoms with Gasteiger partial charge in [0, 0.05) is 6.54 Å². The van der Waals surface area contributed by atoms with Crippen molar-refractivity contribution in [1.82, 2.24) is 0 Å². The first-order valence-electron chi connectivity index (χ1n) is 9.63. The Balaban J connectivity index is 1.78. The summed E-state index contributed by atoms with van der Waals surface area (Å²) in [5.74, 6) is -1.06. The van der Waals surface area contributed by atoms with E-state index in [1.165, 1.54) is 23.0 Å². The number of hydrogen-bond donors (Lipinski definition) is 1. The number of hydrogen-bond acceptors (Lipinski definition) is 3. The van der Waals surface area contributed by atoms with Crippen LogP contribution in [-0.2, 0) is 11.3 Å². The van der Waals surface area contributed by atoms with Gasteiger partial charge in [-0.15, -0.1) is 0 Å². The van der Waals surface area contributed by atoms with Crippen LogP contribution < -0.4 is 4.90 Å². The average Bonchev–Trinajstić information content (AvgIpc) is 2.74. The van der Waals surface area contributed by atoms with E-state index in [0.29, 0.717) is 18.7 Å². The number of rotatable bonds is 7. The fourth-order valence-corrected chi connectivity index (χ4v) is 3.38. The molecule has 0 aliphatic heterocycles. The van der Waals surface area contributed by atoms with Crippen LogP contribution in [0.5, 0.6) is 0 Å². The number of para-hydroxylation sites is 1. The number of nitrogens with zero attached hydrogens (tertiary/aromatic N) is 1. The smallest absolute Gasteiger partial charge is 0.414 e. The van der Waals surface area contributed by atoms with Crippen molar-refractivity contribution in [2.45, 2.75) is 38.7 Å². The van der Waals surface area contributed by atoms with Crippen molar-refractivity contribution < 1.29 is 19.4 Å². The molecule has 2 aromatic carbocycles. The molecule has 146 valence electrons. The fourth-order valence-electron chi connectivity index (χ4n) is 3.38. The van der Waals surface area contributed by atoms with Crippen LogP contribution in [0.3, 0.4) is 0 Å². The Morgan fingerprint density at radius 2 is 1.75 bits per heavy atom. The molecule has 1 N–H and O–H groups in total. The summed E-state index contributed by atoms with van der Waals surface area (Å²) < 4.78 is 5.49. The topological polar surface area (TPSA) is 66.8 Å². The molecule has 5 heteroatoms. The van der Waals surface area contributed by atoms with Crippen molar-refractivity contribution in [3.05, 3.63) is 77.4 Å². The lowest BCUT2D eigenvalue weighted by molar-refractivity contribution is 0.0697. The molecular formula is C23H25NO4. The van der Waals surface area contributed by atoms with Crippen LogP contribution in [0.2, 0.25) is 0 Å². The van der Waals surface area contributed by atoms with E-state index in [9.17, 15) is 14.7 Å². The standard InChI is InChI=1S/C23H25NO4/c25-22(26)20-13-7-8-14-21(20)24(16-15-18-9-3-1-4-10-18)23(27)28-17-19-11-5-2-6-12-19/h2,5-9,11-14H,1,3-4,10,15-17H2,(H,25,26). The van der Waals surface area contributed by atoms with Gasteiger partial charge in [-0.2, -0.15) is 0 Å². The van der Waals surface area contributed by atoms with Gasteiger partial charge in [-0.25, -0.2) is 9.59 Å². The van der Waals surface area contributed by atoms with Crippen molar-refractivity contribution in [3.63, 3.8) is 0 Å². The molecule has 0 spiro atoms. The average molecular weight is 379 g/mol. The van der Waals surface area contributed by atoms with Crippen LogP contribution in [0.1, 0.15) is 48.0 Å². The summed E-state index contributed by atoms with van der Waals surface area (Å²) in [7, 11) is 0. The zero-order chi connectivity index (χ0) is 19.8. The highest BCUT2D eigenvalue weighted by Crippen LogP contribution is 2.25. The molecule has 2 aromatic rings. The highest BCUT2D eigenvalue weighted by Gasteiger charge is 2.23. The minimum atomic E-state index is -1.06. The number of carbonyl (C=O) groups excluding carboxylic acids is 1. The number of anilines is 1. The number of allylic oxidation sites excluding steroid dienone is 1. The van der Waals surface area contributed by atoms with Gasteiger partial charge in [0.1, 0.15) is 6.61 Å². The van der Waals surface area contributed by atoms with Gasteiger partial charge >= 0.3 is 12.1 Å². The number of carbonyl (C=O) groups is 2. The molecule has 1 aliphatic carbocycles. The zero-order valence-electron chi connectivity index (χ0n) is 15.8. The molecular weight excluding hydrogens is 354 g/mol. The molecule has 0 radical (unpaired) electrons. The number of aromatic carboxylic acids is 1. The van der Waals surface area contributed by atoms with Crippen LogP contribution in [0, 0.1) is 0 Å². The van der Waals surface area contributed by atoms with Crippen LogP contribution in [0.15, 0.2) is 66.2 Å². The monoisotopic (exact) mass is 379 g/mol. The summed E-state index contributed by atoms with van der Waals surface area (Å²) in [6, 6.07) is 16.0. The largest absolute Gasteiger partial charge is 0.478 e. The van der Waals surface area contributed by atoms with Crippen molar-refractivity contribution in [1.29, 1.82) is 0 Å². The Morgan fingerprint density at radius 1 is 1.00 bits per heavy atom. The first-order chi connectivity index (χ1) is 13.6. The van der Waals surface area contributed by atoms with E-state index < -0.39 is 12.1 Å². The summed E-state index contributed by atoms with van der Waals surface area (Å²) in [5, 5.41) is 9.53. The maximum atomic E-state index is 12.9. The normalized spacial score (nSPS) is 13.5. The number of carboxylic acid groups (broad SMARTS) is 1. The Hall–Kier alpha value is -3.08. The van der Waals surface area contributed by atoms with Gasteiger partial charge in [-0.3, -0.25) is 4.90 Å². The molecule has 0 saturated carbocycles. The summed E-state index contributed by atoms with van der Waals surface area (Å²) in [4.78, 5) is 25.9. The van der Waals surface area contributed by atoms with E-state index in [4.69, 9.17) is 4.74 Å². The Kier molecular flexibility index (Phi) is 6.84. The van der Waals surface area contributed by atoms with Gasteiger partial charge < -0.3 is 9.84 Å². The quantitative estimate of drug-likeness (QED) is 0.653. The first-order valence-corrected chi connectivity index (χ1v) is 9.63. The van der Waals surface area contributed by atoms with Crippen LogP contribution in [0.4, 0.5) is 10.5 Å². The highest BCUT2D eigenvalue weighted by atomic mass is 16.6. The molecule has 0 heterocycles. The van der Waals surface area contributed by atoms with Crippen molar-refractivity contribution >= 4 is 17.7 Å². The summed E-state index contributed by atoms with van der Waals surface area (Å²) >= 11 is 0. The lowest BCUT2D eigenvalue weighted by atomic mass is 9.97. The molecule has 3 rings (SSSR count). The molecule has 0 saturated heterocycles. The van der Waals surface area contributed by atoms with E-state index in [1.54, 1.807) is 18.2 Å². The number of ether oxygens (including phenoxy) is 1. The number of amides is 1. The minimum absolute atomic E-state index is 0.0942. The van der Waals surface area contributed by atoms with Crippen molar-refractivity contribution in [2.75, 3.05) is 11.4 Å². The predicted octanol–water partition coefficient (Wildman–Crippen LogP) is 5.42. The van der Waals surface area contributed by atoms with E-state index in [-0.39, 0.29) is 12.2 Å². The minimum Gasteiger partial charge on any atom is -0.478 e. The molecule has 1 amide bonds. The zero-order valence-corrected chi connectivity index (χ0v) is 15.8. The first kappa shape index (κ1) is 19.7. The summed E-state index contributed by atoms with van der Waals surface area (Å²) in [5.41, 5.74) is 2.67. The van der Waals surface area contributed by atoms with Gasteiger partial charge in [0.25, 0.3) is 0 Å². The van der Waals surface area contributed by atoms with E-state index in [1.807, 2.05) is 30.3 Å². The second-order valence-corrected chi connectivity index (χ2v) is 6.87. The fraction of sp³-hybridized carbons (Fsp3) is 0.304. The molecule has 0 bridgehead atoms. The third-order valence-electron chi connectivity index (χ3n) is 4.89. The Bertz CT molecular complexity index is 845. The molecule has 5 nitrogen and oxygen atoms in total. The molecule has 0 aromatic heterocycles. The number of benzene rings is 2. The second kappa shape index (κ2) is 9.74. The molecule has 0 atom stereocenters. The van der Waals surface area contributed by atoms with Crippen LogP contribution in [-0.4, -0.2) is 23.7 Å². The van der Waals surface area contributed by atoms with E-state index in [2.05, 4.69) is 6.08 Å². The summed E-state index contributed by atoms with van der Waals surface area (Å²) in [6.45, 7) is 0.540. The molecule has 0 unspecified atom stereocenters. The van der Waals surface area contributed by atoms with Gasteiger partial charge in [0.05, 0.1) is 11.3 Å². The van der Waals surface area contributed by atoms with E-state index >= 15 is 0 Å². The van der Waals surface area contributed by atoms with Crippen molar-refractivity contribution in [3.8, 4) is 0 Å². The second-order valence-electron chi connectivity index (χ2n) is 6.87.